The van der Waals surface area contributed by atoms with E-state index in [2.05, 4.69) is 20.6 Å². The first-order valence-corrected chi connectivity index (χ1v) is 8.92. The standard InChI is InChI=1S/C20H16ClN5O2/c1-28-17-9-7-14(21)11-15(17)20(27)22-12-19-24-23-18-10-8-16(25-26(18)19)13-5-3-2-4-6-13/h2-11H,12H2,1H3,(H,22,27). The van der Waals surface area contributed by atoms with Gasteiger partial charge in [0, 0.05) is 10.6 Å². The van der Waals surface area contributed by atoms with Crippen LogP contribution in [0.4, 0.5) is 0 Å². The molecule has 2 aromatic heterocycles. The van der Waals surface area contributed by atoms with Crippen LogP contribution in [0.3, 0.4) is 0 Å². The van der Waals surface area contributed by atoms with Gasteiger partial charge in [0.2, 0.25) is 0 Å². The van der Waals surface area contributed by atoms with Gasteiger partial charge in [-0.2, -0.15) is 9.61 Å². The molecule has 1 N–H and O–H groups in total. The van der Waals surface area contributed by atoms with E-state index in [0.717, 1.165) is 11.3 Å². The zero-order valence-corrected chi connectivity index (χ0v) is 15.7. The molecule has 0 saturated heterocycles. The molecule has 4 aromatic rings. The summed E-state index contributed by atoms with van der Waals surface area (Å²) in [5.74, 6) is 0.634. The fourth-order valence-electron chi connectivity index (χ4n) is 2.82. The van der Waals surface area contributed by atoms with E-state index in [1.807, 2.05) is 42.5 Å². The maximum absolute atomic E-state index is 12.6. The molecule has 0 aliphatic carbocycles. The number of carbonyl (C=O) groups is 1. The number of rotatable bonds is 5. The Morgan fingerprint density at radius 2 is 1.93 bits per heavy atom. The lowest BCUT2D eigenvalue weighted by atomic mass is 10.1. The van der Waals surface area contributed by atoms with Crippen molar-refractivity contribution in [3.8, 4) is 17.0 Å². The van der Waals surface area contributed by atoms with Crippen molar-refractivity contribution in [3.63, 3.8) is 0 Å². The quantitative estimate of drug-likeness (QED) is 0.562. The molecule has 4 rings (SSSR count). The second kappa shape index (κ2) is 7.66. The van der Waals surface area contributed by atoms with Crippen LogP contribution in [0.1, 0.15) is 16.2 Å². The maximum Gasteiger partial charge on any atom is 0.255 e. The molecular formula is C20H16ClN5O2. The Kier molecular flexibility index (Phi) is 4.90. The summed E-state index contributed by atoms with van der Waals surface area (Å²) in [6, 6.07) is 18.4. The monoisotopic (exact) mass is 393 g/mol. The summed E-state index contributed by atoms with van der Waals surface area (Å²) in [5.41, 5.74) is 2.72. The number of nitrogens with zero attached hydrogens (tertiary/aromatic N) is 4. The highest BCUT2D eigenvalue weighted by Crippen LogP contribution is 2.22. The van der Waals surface area contributed by atoms with Crippen LogP contribution in [0.15, 0.2) is 60.7 Å². The zero-order chi connectivity index (χ0) is 19.5. The van der Waals surface area contributed by atoms with Crippen molar-refractivity contribution >= 4 is 23.2 Å². The number of fused-ring (bicyclic) bond motifs is 1. The van der Waals surface area contributed by atoms with Crippen LogP contribution in [-0.4, -0.2) is 32.8 Å². The predicted octanol–water partition coefficient (Wildman–Crippen LogP) is 3.38. The number of carbonyl (C=O) groups excluding carboxylic acids is 1. The Morgan fingerprint density at radius 3 is 2.71 bits per heavy atom. The van der Waals surface area contributed by atoms with Crippen LogP contribution in [0.5, 0.6) is 5.75 Å². The smallest absolute Gasteiger partial charge is 0.255 e. The number of amides is 1. The van der Waals surface area contributed by atoms with Crippen molar-refractivity contribution in [2.45, 2.75) is 6.54 Å². The minimum absolute atomic E-state index is 0.154. The molecule has 7 nitrogen and oxygen atoms in total. The molecule has 1 amide bonds. The third-order valence-corrected chi connectivity index (χ3v) is 4.45. The van der Waals surface area contributed by atoms with Gasteiger partial charge in [-0.25, -0.2) is 0 Å². The number of hydrogen-bond acceptors (Lipinski definition) is 5. The summed E-state index contributed by atoms with van der Waals surface area (Å²) in [6.45, 7) is 0.154. The highest BCUT2D eigenvalue weighted by atomic mass is 35.5. The van der Waals surface area contributed by atoms with E-state index in [1.165, 1.54) is 7.11 Å². The lowest BCUT2D eigenvalue weighted by Crippen LogP contribution is -2.24. The summed E-state index contributed by atoms with van der Waals surface area (Å²) in [5, 5.41) is 16.1. The Labute approximate surface area is 165 Å². The van der Waals surface area contributed by atoms with Crippen molar-refractivity contribution < 1.29 is 9.53 Å². The van der Waals surface area contributed by atoms with Crippen LogP contribution in [0.25, 0.3) is 16.9 Å². The third kappa shape index (κ3) is 3.52. The number of hydrogen-bond donors (Lipinski definition) is 1. The van der Waals surface area contributed by atoms with E-state index < -0.39 is 0 Å². The van der Waals surface area contributed by atoms with E-state index in [1.54, 1.807) is 22.7 Å². The lowest BCUT2D eigenvalue weighted by molar-refractivity contribution is 0.0946. The molecule has 2 aromatic carbocycles. The zero-order valence-electron chi connectivity index (χ0n) is 15.0. The first-order valence-electron chi connectivity index (χ1n) is 8.54. The Hall–Kier alpha value is -3.45. The minimum atomic E-state index is -0.324. The highest BCUT2D eigenvalue weighted by Gasteiger charge is 2.15. The van der Waals surface area contributed by atoms with E-state index in [0.29, 0.717) is 27.8 Å². The molecule has 8 heteroatoms. The van der Waals surface area contributed by atoms with Gasteiger partial charge in [0.1, 0.15) is 5.75 Å². The van der Waals surface area contributed by atoms with Gasteiger partial charge in [0.25, 0.3) is 5.91 Å². The van der Waals surface area contributed by atoms with Gasteiger partial charge in [-0.3, -0.25) is 4.79 Å². The first-order chi connectivity index (χ1) is 13.7. The number of ether oxygens (including phenoxy) is 1. The molecule has 2 heterocycles. The molecule has 0 aliphatic heterocycles. The molecule has 0 radical (unpaired) electrons. The van der Waals surface area contributed by atoms with Crippen LogP contribution in [0, 0.1) is 0 Å². The Balaban J connectivity index is 1.58. The summed E-state index contributed by atoms with van der Waals surface area (Å²) in [6.07, 6.45) is 0. The average Bonchev–Trinajstić information content (AvgIpc) is 3.15. The fraction of sp³-hybridized carbons (Fsp3) is 0.100. The molecule has 0 bridgehead atoms. The van der Waals surface area contributed by atoms with Crippen molar-refractivity contribution in [2.75, 3.05) is 7.11 Å². The van der Waals surface area contributed by atoms with Gasteiger partial charge in [0.05, 0.1) is 24.9 Å². The number of nitrogens with one attached hydrogen (secondary N) is 1. The molecule has 0 atom stereocenters. The molecule has 0 unspecified atom stereocenters. The van der Waals surface area contributed by atoms with Crippen molar-refractivity contribution in [1.29, 1.82) is 0 Å². The third-order valence-electron chi connectivity index (χ3n) is 4.21. The molecule has 0 saturated carbocycles. The molecule has 0 spiro atoms. The fourth-order valence-corrected chi connectivity index (χ4v) is 2.99. The minimum Gasteiger partial charge on any atom is -0.496 e. The van der Waals surface area contributed by atoms with Gasteiger partial charge in [-0.15, -0.1) is 10.2 Å². The first kappa shape index (κ1) is 17.9. The lowest BCUT2D eigenvalue weighted by Gasteiger charge is -2.09. The number of halogens is 1. The molecule has 0 fully saturated rings. The van der Waals surface area contributed by atoms with E-state index in [9.17, 15) is 4.79 Å². The predicted molar refractivity (Wildman–Crippen MR) is 105 cm³/mol. The topological polar surface area (TPSA) is 81.4 Å². The van der Waals surface area contributed by atoms with Crippen LogP contribution < -0.4 is 10.1 Å². The van der Waals surface area contributed by atoms with Gasteiger partial charge in [0.15, 0.2) is 11.5 Å². The van der Waals surface area contributed by atoms with Gasteiger partial charge in [-0.1, -0.05) is 41.9 Å². The molecular weight excluding hydrogens is 378 g/mol. The van der Waals surface area contributed by atoms with Crippen LogP contribution >= 0.6 is 11.6 Å². The molecule has 140 valence electrons. The normalized spacial score (nSPS) is 10.8. The van der Waals surface area contributed by atoms with Crippen molar-refractivity contribution in [2.24, 2.45) is 0 Å². The van der Waals surface area contributed by atoms with Crippen LogP contribution in [0.2, 0.25) is 5.02 Å². The van der Waals surface area contributed by atoms with Crippen molar-refractivity contribution in [3.05, 3.63) is 77.1 Å². The second-order valence-electron chi connectivity index (χ2n) is 6.00. The summed E-state index contributed by atoms with van der Waals surface area (Å²) in [4.78, 5) is 12.6. The Bertz CT molecular complexity index is 1140. The second-order valence-corrected chi connectivity index (χ2v) is 6.43. The van der Waals surface area contributed by atoms with Gasteiger partial charge in [-0.05, 0) is 30.3 Å². The summed E-state index contributed by atoms with van der Waals surface area (Å²) < 4.78 is 6.85. The summed E-state index contributed by atoms with van der Waals surface area (Å²) in [7, 11) is 1.50. The molecule has 28 heavy (non-hydrogen) atoms. The van der Waals surface area contributed by atoms with E-state index in [4.69, 9.17) is 16.3 Å². The number of methoxy groups -OCH3 is 1. The van der Waals surface area contributed by atoms with Crippen LogP contribution in [-0.2, 0) is 6.54 Å². The van der Waals surface area contributed by atoms with Gasteiger partial charge < -0.3 is 10.1 Å². The largest absolute Gasteiger partial charge is 0.496 e. The summed E-state index contributed by atoms with van der Waals surface area (Å²) >= 11 is 6.00. The van der Waals surface area contributed by atoms with E-state index >= 15 is 0 Å². The number of benzene rings is 2. The Morgan fingerprint density at radius 1 is 1.11 bits per heavy atom. The van der Waals surface area contributed by atoms with Crippen molar-refractivity contribution in [1.82, 2.24) is 25.1 Å². The molecule has 0 aliphatic rings. The van der Waals surface area contributed by atoms with E-state index in [-0.39, 0.29) is 12.5 Å². The number of aromatic nitrogens is 4. The highest BCUT2D eigenvalue weighted by molar-refractivity contribution is 6.31. The maximum atomic E-state index is 12.6. The van der Waals surface area contributed by atoms with Gasteiger partial charge >= 0.3 is 0 Å². The SMILES string of the molecule is COc1ccc(Cl)cc1C(=O)NCc1nnc2ccc(-c3ccccc3)nn12. The average molecular weight is 394 g/mol.